The van der Waals surface area contributed by atoms with E-state index in [0.29, 0.717) is 33.5 Å². The van der Waals surface area contributed by atoms with Crippen LogP contribution in [0.15, 0.2) is 50.7 Å². The van der Waals surface area contributed by atoms with Crippen LogP contribution in [0.25, 0.3) is 22.8 Å². The zero-order valence-corrected chi connectivity index (χ0v) is 15.2. The Kier molecular flexibility index (Phi) is 4.39. The average molecular weight is 389 g/mol. The van der Waals surface area contributed by atoms with Crippen molar-refractivity contribution in [2.24, 2.45) is 0 Å². The summed E-state index contributed by atoms with van der Waals surface area (Å²) >= 11 is 7.33. The number of nitrogens with two attached hydrogens (primary N) is 1. The van der Waals surface area contributed by atoms with Gasteiger partial charge in [0.1, 0.15) is 5.76 Å². The molecule has 1 aromatic carbocycles. The van der Waals surface area contributed by atoms with Crippen LogP contribution >= 0.6 is 23.4 Å². The third-order valence-electron chi connectivity index (χ3n) is 3.64. The first-order valence-corrected chi connectivity index (χ1v) is 8.94. The summed E-state index contributed by atoms with van der Waals surface area (Å²) in [6.07, 6.45) is 1.59. The van der Waals surface area contributed by atoms with Crippen molar-refractivity contribution in [1.82, 2.24) is 25.0 Å². The molecule has 26 heavy (non-hydrogen) atoms. The fraction of sp³-hybridized carbons (Fsp3) is 0.125. The summed E-state index contributed by atoms with van der Waals surface area (Å²) in [6, 6.07) is 9.06. The number of aryl methyl sites for hydroxylation is 1. The van der Waals surface area contributed by atoms with Gasteiger partial charge in [-0.1, -0.05) is 40.7 Å². The van der Waals surface area contributed by atoms with Gasteiger partial charge in [-0.3, -0.25) is 0 Å². The Bertz CT molecular complexity index is 1060. The standard InChI is InChI=1S/C16H13ClN6O2S/c1-9-12(5-6-24-9)15-20-21-16(23(15)18)26-8-13-19-14(22-25-13)10-3-2-4-11(17)7-10/h2-7H,8,18H2,1H3. The number of nitrogen functional groups attached to an aromatic ring is 1. The van der Waals surface area contributed by atoms with E-state index in [1.807, 2.05) is 19.1 Å². The van der Waals surface area contributed by atoms with Crippen LogP contribution in [0.5, 0.6) is 0 Å². The summed E-state index contributed by atoms with van der Waals surface area (Å²) in [5, 5.41) is 13.3. The minimum absolute atomic E-state index is 0.410. The van der Waals surface area contributed by atoms with Gasteiger partial charge in [0.25, 0.3) is 0 Å². The first-order valence-electron chi connectivity index (χ1n) is 7.58. The molecule has 0 radical (unpaired) electrons. The second-order valence-corrected chi connectivity index (χ2v) is 6.76. The van der Waals surface area contributed by atoms with E-state index in [0.717, 1.165) is 16.9 Å². The van der Waals surface area contributed by atoms with Crippen LogP contribution in [0.2, 0.25) is 5.02 Å². The number of nitrogens with zero attached hydrogens (tertiary/aromatic N) is 5. The summed E-state index contributed by atoms with van der Waals surface area (Å²) in [4.78, 5) is 4.37. The van der Waals surface area contributed by atoms with Gasteiger partial charge >= 0.3 is 0 Å². The third-order valence-corrected chi connectivity index (χ3v) is 4.80. The lowest BCUT2D eigenvalue weighted by Gasteiger charge is -2.01. The van der Waals surface area contributed by atoms with Gasteiger partial charge in [-0.05, 0) is 25.1 Å². The zero-order valence-electron chi connectivity index (χ0n) is 13.6. The number of thioether (sulfide) groups is 1. The molecule has 0 aliphatic carbocycles. The monoisotopic (exact) mass is 388 g/mol. The zero-order chi connectivity index (χ0) is 18.1. The molecule has 0 unspecified atom stereocenters. The van der Waals surface area contributed by atoms with Gasteiger partial charge in [0.05, 0.1) is 17.6 Å². The molecule has 0 amide bonds. The minimum Gasteiger partial charge on any atom is -0.469 e. The molecule has 3 aromatic heterocycles. The highest BCUT2D eigenvalue weighted by atomic mass is 35.5. The smallest absolute Gasteiger partial charge is 0.237 e. The van der Waals surface area contributed by atoms with E-state index in [1.54, 1.807) is 24.5 Å². The molecule has 4 aromatic rings. The van der Waals surface area contributed by atoms with Crippen LogP contribution in [-0.4, -0.2) is 25.0 Å². The molecular formula is C16H13ClN6O2S. The van der Waals surface area contributed by atoms with Crippen molar-refractivity contribution in [1.29, 1.82) is 0 Å². The number of benzene rings is 1. The molecule has 4 rings (SSSR count). The fourth-order valence-electron chi connectivity index (χ4n) is 2.36. The van der Waals surface area contributed by atoms with Crippen LogP contribution in [0, 0.1) is 6.92 Å². The molecule has 2 N–H and O–H groups in total. The Balaban J connectivity index is 1.49. The van der Waals surface area contributed by atoms with E-state index in [4.69, 9.17) is 26.4 Å². The van der Waals surface area contributed by atoms with E-state index in [2.05, 4.69) is 20.3 Å². The molecule has 0 fully saturated rings. The van der Waals surface area contributed by atoms with Crippen molar-refractivity contribution in [2.45, 2.75) is 17.8 Å². The lowest BCUT2D eigenvalue weighted by molar-refractivity contribution is 0.391. The predicted octanol–water partition coefficient (Wildman–Crippen LogP) is 3.56. The molecule has 132 valence electrons. The lowest BCUT2D eigenvalue weighted by Crippen LogP contribution is -2.11. The lowest BCUT2D eigenvalue weighted by atomic mass is 10.2. The highest BCUT2D eigenvalue weighted by molar-refractivity contribution is 7.98. The van der Waals surface area contributed by atoms with E-state index in [1.165, 1.54) is 16.4 Å². The van der Waals surface area contributed by atoms with Gasteiger partial charge in [-0.15, -0.1) is 10.2 Å². The molecule has 0 aliphatic heterocycles. The summed E-state index contributed by atoms with van der Waals surface area (Å²) in [7, 11) is 0. The quantitative estimate of drug-likeness (QED) is 0.408. The number of hydrogen-bond donors (Lipinski definition) is 1. The SMILES string of the molecule is Cc1occc1-c1nnc(SCc2nc(-c3cccc(Cl)c3)no2)n1N. The van der Waals surface area contributed by atoms with Crippen molar-refractivity contribution in [2.75, 3.05) is 5.84 Å². The largest absolute Gasteiger partial charge is 0.469 e. The highest BCUT2D eigenvalue weighted by Gasteiger charge is 2.17. The Morgan fingerprint density at radius 1 is 1.27 bits per heavy atom. The van der Waals surface area contributed by atoms with Crippen LogP contribution in [-0.2, 0) is 5.75 Å². The molecule has 10 heteroatoms. The first-order chi connectivity index (χ1) is 12.6. The second kappa shape index (κ2) is 6.85. The molecule has 0 spiro atoms. The topological polar surface area (TPSA) is 109 Å². The van der Waals surface area contributed by atoms with Crippen molar-refractivity contribution in [3.63, 3.8) is 0 Å². The second-order valence-electron chi connectivity index (χ2n) is 5.38. The molecule has 0 aliphatic rings. The van der Waals surface area contributed by atoms with Gasteiger partial charge in [0.15, 0.2) is 5.82 Å². The molecule has 0 bridgehead atoms. The van der Waals surface area contributed by atoms with E-state index >= 15 is 0 Å². The van der Waals surface area contributed by atoms with E-state index in [-0.39, 0.29) is 0 Å². The summed E-state index contributed by atoms with van der Waals surface area (Å²) in [6.45, 7) is 1.84. The van der Waals surface area contributed by atoms with Crippen LogP contribution in [0.4, 0.5) is 0 Å². The Hall–Kier alpha value is -2.78. The number of furan rings is 1. The van der Waals surface area contributed by atoms with Crippen LogP contribution < -0.4 is 5.84 Å². The van der Waals surface area contributed by atoms with Gasteiger partial charge in [0, 0.05) is 10.6 Å². The van der Waals surface area contributed by atoms with Gasteiger partial charge < -0.3 is 14.8 Å². The number of halogens is 1. The van der Waals surface area contributed by atoms with E-state index in [9.17, 15) is 0 Å². The summed E-state index contributed by atoms with van der Waals surface area (Å²) in [5.74, 6) is 8.69. The fourth-order valence-corrected chi connectivity index (χ4v) is 3.24. The molecule has 0 saturated heterocycles. The molecule has 0 saturated carbocycles. The number of aromatic nitrogens is 5. The third kappa shape index (κ3) is 3.18. The number of hydrogen-bond acceptors (Lipinski definition) is 8. The summed E-state index contributed by atoms with van der Waals surface area (Å²) in [5.41, 5.74) is 1.59. The summed E-state index contributed by atoms with van der Waals surface area (Å²) < 4.78 is 12.0. The predicted molar refractivity (Wildman–Crippen MR) is 96.9 cm³/mol. The Labute approximate surface area is 157 Å². The van der Waals surface area contributed by atoms with E-state index < -0.39 is 0 Å². The maximum atomic E-state index is 6.09. The van der Waals surface area contributed by atoms with Gasteiger partial charge in [-0.25, -0.2) is 4.68 Å². The van der Waals surface area contributed by atoms with Gasteiger partial charge in [-0.2, -0.15) is 4.98 Å². The van der Waals surface area contributed by atoms with Crippen molar-refractivity contribution >= 4 is 23.4 Å². The molecule has 8 nitrogen and oxygen atoms in total. The van der Waals surface area contributed by atoms with Crippen molar-refractivity contribution in [3.05, 3.63) is 53.3 Å². The Morgan fingerprint density at radius 2 is 2.15 bits per heavy atom. The van der Waals surface area contributed by atoms with Crippen LogP contribution in [0.3, 0.4) is 0 Å². The highest BCUT2D eigenvalue weighted by Crippen LogP contribution is 2.27. The normalized spacial score (nSPS) is 11.2. The first kappa shape index (κ1) is 16.7. The molecular weight excluding hydrogens is 376 g/mol. The maximum absolute atomic E-state index is 6.09. The van der Waals surface area contributed by atoms with Crippen LogP contribution in [0.1, 0.15) is 11.7 Å². The molecule has 0 atom stereocenters. The number of rotatable bonds is 5. The average Bonchev–Trinajstić information content (AvgIpc) is 3.34. The van der Waals surface area contributed by atoms with Gasteiger partial charge in [0.2, 0.25) is 16.9 Å². The maximum Gasteiger partial charge on any atom is 0.237 e. The van der Waals surface area contributed by atoms with Crippen molar-refractivity contribution < 1.29 is 8.94 Å². The van der Waals surface area contributed by atoms with Crippen molar-refractivity contribution in [3.8, 4) is 22.8 Å². The minimum atomic E-state index is 0.410. The molecule has 3 heterocycles. The Morgan fingerprint density at radius 3 is 2.92 bits per heavy atom.